The van der Waals surface area contributed by atoms with Crippen molar-refractivity contribution in [1.82, 2.24) is 20.1 Å². The van der Waals surface area contributed by atoms with Crippen LogP contribution in [0.4, 0.5) is 0 Å². The van der Waals surface area contributed by atoms with Crippen molar-refractivity contribution in [2.45, 2.75) is 11.7 Å². The topological polar surface area (TPSA) is 73.0 Å². The molecule has 1 N–H and O–H groups in total. The van der Waals surface area contributed by atoms with Gasteiger partial charge in [-0.15, -0.1) is 10.2 Å². The fourth-order valence-electron chi connectivity index (χ4n) is 2.12. The summed E-state index contributed by atoms with van der Waals surface area (Å²) in [6.07, 6.45) is 0. The zero-order chi connectivity index (χ0) is 16.9. The van der Waals surface area contributed by atoms with Crippen LogP contribution in [0.25, 0.3) is 11.6 Å². The molecule has 8 heteroatoms. The van der Waals surface area contributed by atoms with Gasteiger partial charge in [0, 0.05) is 7.05 Å². The molecule has 24 heavy (non-hydrogen) atoms. The zero-order valence-corrected chi connectivity index (χ0v) is 15.3. The normalized spacial score (nSPS) is 10.8. The van der Waals surface area contributed by atoms with E-state index in [-0.39, 0.29) is 11.7 Å². The molecule has 0 radical (unpaired) electrons. The molecular formula is C16H15BrN4O2S. The maximum atomic E-state index is 11.5. The molecule has 0 saturated carbocycles. The SMILES string of the molecule is CNC(=O)CSc1nnc(-c2ccc(Br)o2)n1Cc1ccccc1. The summed E-state index contributed by atoms with van der Waals surface area (Å²) in [7, 11) is 1.61. The van der Waals surface area contributed by atoms with E-state index in [9.17, 15) is 4.79 Å². The van der Waals surface area contributed by atoms with E-state index in [2.05, 4.69) is 31.4 Å². The smallest absolute Gasteiger partial charge is 0.230 e. The fourth-order valence-corrected chi connectivity index (χ4v) is 3.24. The van der Waals surface area contributed by atoms with Gasteiger partial charge < -0.3 is 9.73 Å². The molecule has 124 valence electrons. The van der Waals surface area contributed by atoms with E-state index in [1.54, 1.807) is 7.05 Å². The van der Waals surface area contributed by atoms with Gasteiger partial charge in [-0.05, 0) is 33.6 Å². The third-order valence-corrected chi connectivity index (χ3v) is 4.70. The number of thioether (sulfide) groups is 1. The second-order valence-corrected chi connectivity index (χ2v) is 6.67. The van der Waals surface area contributed by atoms with Crippen LogP contribution < -0.4 is 5.32 Å². The number of benzene rings is 1. The van der Waals surface area contributed by atoms with E-state index in [0.29, 0.717) is 28.0 Å². The van der Waals surface area contributed by atoms with Crippen molar-refractivity contribution in [2.75, 3.05) is 12.8 Å². The number of amides is 1. The summed E-state index contributed by atoms with van der Waals surface area (Å²) in [5, 5.41) is 11.7. The quantitative estimate of drug-likeness (QED) is 0.636. The van der Waals surface area contributed by atoms with E-state index in [1.165, 1.54) is 11.8 Å². The lowest BCUT2D eigenvalue weighted by Crippen LogP contribution is -2.20. The number of aromatic nitrogens is 3. The predicted octanol–water partition coefficient (Wildman–Crippen LogP) is 3.19. The largest absolute Gasteiger partial charge is 0.446 e. The molecule has 0 aliphatic rings. The highest BCUT2D eigenvalue weighted by Crippen LogP contribution is 2.28. The number of furan rings is 1. The first kappa shape index (κ1) is 16.8. The Labute approximate surface area is 151 Å². The van der Waals surface area contributed by atoms with Crippen LogP contribution in [0.3, 0.4) is 0 Å². The molecule has 3 aromatic rings. The van der Waals surface area contributed by atoms with Crippen molar-refractivity contribution in [3.05, 3.63) is 52.7 Å². The maximum absolute atomic E-state index is 11.5. The number of halogens is 1. The van der Waals surface area contributed by atoms with Crippen LogP contribution >= 0.6 is 27.7 Å². The first-order chi connectivity index (χ1) is 11.7. The summed E-state index contributed by atoms with van der Waals surface area (Å²) in [4.78, 5) is 11.5. The van der Waals surface area contributed by atoms with Gasteiger partial charge in [-0.3, -0.25) is 9.36 Å². The van der Waals surface area contributed by atoms with Crippen LogP contribution in [-0.4, -0.2) is 33.5 Å². The molecule has 0 spiro atoms. The Morgan fingerprint density at radius 2 is 2.04 bits per heavy atom. The molecule has 1 amide bonds. The van der Waals surface area contributed by atoms with Crippen molar-refractivity contribution in [2.24, 2.45) is 0 Å². The Morgan fingerprint density at radius 3 is 2.71 bits per heavy atom. The van der Waals surface area contributed by atoms with Gasteiger partial charge in [-0.1, -0.05) is 42.1 Å². The Bertz CT molecular complexity index is 832. The van der Waals surface area contributed by atoms with E-state index >= 15 is 0 Å². The Kier molecular flexibility index (Phi) is 5.37. The highest BCUT2D eigenvalue weighted by atomic mass is 79.9. The molecule has 2 aromatic heterocycles. The Morgan fingerprint density at radius 1 is 1.25 bits per heavy atom. The van der Waals surface area contributed by atoms with Gasteiger partial charge >= 0.3 is 0 Å². The lowest BCUT2D eigenvalue weighted by atomic mass is 10.2. The number of carbonyl (C=O) groups excluding carboxylic acids is 1. The van der Waals surface area contributed by atoms with Crippen LogP contribution in [-0.2, 0) is 11.3 Å². The summed E-state index contributed by atoms with van der Waals surface area (Å²) in [5.74, 6) is 1.48. The summed E-state index contributed by atoms with van der Waals surface area (Å²) < 4.78 is 8.20. The van der Waals surface area contributed by atoms with Crippen molar-refractivity contribution < 1.29 is 9.21 Å². The molecule has 0 saturated heterocycles. The Balaban J connectivity index is 1.93. The fraction of sp³-hybridized carbons (Fsp3) is 0.188. The first-order valence-corrected chi connectivity index (χ1v) is 9.01. The highest BCUT2D eigenvalue weighted by Gasteiger charge is 2.18. The number of rotatable bonds is 6. The maximum Gasteiger partial charge on any atom is 0.230 e. The van der Waals surface area contributed by atoms with Crippen molar-refractivity contribution in [3.63, 3.8) is 0 Å². The molecule has 2 heterocycles. The molecule has 0 atom stereocenters. The van der Waals surface area contributed by atoms with Crippen molar-refractivity contribution in [1.29, 1.82) is 0 Å². The van der Waals surface area contributed by atoms with Gasteiger partial charge in [0.25, 0.3) is 0 Å². The van der Waals surface area contributed by atoms with Crippen molar-refractivity contribution in [3.8, 4) is 11.6 Å². The van der Waals surface area contributed by atoms with Gasteiger partial charge in [-0.2, -0.15) is 0 Å². The van der Waals surface area contributed by atoms with E-state index in [1.807, 2.05) is 47.0 Å². The molecular weight excluding hydrogens is 392 g/mol. The molecule has 1 aromatic carbocycles. The average Bonchev–Trinajstić information content (AvgIpc) is 3.20. The minimum Gasteiger partial charge on any atom is -0.446 e. The third kappa shape index (κ3) is 3.88. The molecule has 0 fully saturated rings. The van der Waals surface area contributed by atoms with Crippen LogP contribution in [0, 0.1) is 0 Å². The Hall–Kier alpha value is -2.06. The standard InChI is InChI=1S/C16H15BrN4O2S/c1-18-14(22)10-24-16-20-19-15(12-7-8-13(17)23-12)21(16)9-11-5-3-2-4-6-11/h2-8H,9-10H2,1H3,(H,18,22). The molecule has 0 bridgehead atoms. The highest BCUT2D eigenvalue weighted by molar-refractivity contribution is 9.10. The summed E-state index contributed by atoms with van der Waals surface area (Å²) >= 11 is 4.65. The molecule has 6 nitrogen and oxygen atoms in total. The molecule has 0 aliphatic heterocycles. The first-order valence-electron chi connectivity index (χ1n) is 7.23. The molecule has 3 rings (SSSR count). The van der Waals surface area contributed by atoms with E-state index in [0.717, 1.165) is 5.56 Å². The van der Waals surface area contributed by atoms with Gasteiger partial charge in [-0.25, -0.2) is 0 Å². The monoisotopic (exact) mass is 406 g/mol. The van der Waals surface area contributed by atoms with Gasteiger partial charge in [0.15, 0.2) is 15.6 Å². The lowest BCUT2D eigenvalue weighted by Gasteiger charge is -2.09. The number of nitrogens with one attached hydrogen (secondary N) is 1. The van der Waals surface area contributed by atoms with E-state index in [4.69, 9.17) is 4.42 Å². The van der Waals surface area contributed by atoms with Gasteiger partial charge in [0.2, 0.25) is 11.7 Å². The summed E-state index contributed by atoms with van der Waals surface area (Å²) in [6.45, 7) is 0.595. The molecule has 0 aliphatic carbocycles. The number of nitrogens with zero attached hydrogens (tertiary/aromatic N) is 3. The van der Waals surface area contributed by atoms with Crippen LogP contribution in [0.5, 0.6) is 0 Å². The van der Waals surface area contributed by atoms with Gasteiger partial charge in [0.05, 0.1) is 12.3 Å². The number of hydrogen-bond donors (Lipinski definition) is 1. The second-order valence-electron chi connectivity index (χ2n) is 4.94. The average molecular weight is 407 g/mol. The van der Waals surface area contributed by atoms with Crippen LogP contribution in [0.15, 0.2) is 56.7 Å². The van der Waals surface area contributed by atoms with Crippen LogP contribution in [0.1, 0.15) is 5.56 Å². The van der Waals surface area contributed by atoms with Crippen LogP contribution in [0.2, 0.25) is 0 Å². The molecule has 0 unspecified atom stereocenters. The minimum absolute atomic E-state index is 0.0587. The summed E-state index contributed by atoms with van der Waals surface area (Å²) in [5.41, 5.74) is 1.12. The van der Waals surface area contributed by atoms with Crippen molar-refractivity contribution >= 4 is 33.6 Å². The summed E-state index contributed by atoms with van der Waals surface area (Å²) in [6, 6.07) is 13.7. The number of hydrogen-bond acceptors (Lipinski definition) is 5. The minimum atomic E-state index is -0.0587. The predicted molar refractivity (Wildman–Crippen MR) is 95.8 cm³/mol. The number of carbonyl (C=O) groups is 1. The van der Waals surface area contributed by atoms with Gasteiger partial charge in [0.1, 0.15) is 0 Å². The zero-order valence-electron chi connectivity index (χ0n) is 12.9. The van der Waals surface area contributed by atoms with E-state index < -0.39 is 0 Å². The second kappa shape index (κ2) is 7.67. The lowest BCUT2D eigenvalue weighted by molar-refractivity contribution is -0.118. The third-order valence-electron chi connectivity index (χ3n) is 3.31.